The van der Waals surface area contributed by atoms with Crippen LogP contribution in [0.15, 0.2) is 0 Å². The average Bonchev–Trinajstić information content (AvgIpc) is 2.02. The van der Waals surface area contributed by atoms with Gasteiger partial charge in [-0.05, 0) is 42.9 Å². The summed E-state index contributed by atoms with van der Waals surface area (Å²) in [6.07, 6.45) is 10.7. The summed E-state index contributed by atoms with van der Waals surface area (Å²) < 4.78 is 0. The van der Waals surface area contributed by atoms with Crippen molar-refractivity contribution in [3.05, 3.63) is 0 Å². The highest BCUT2D eigenvalue weighted by molar-refractivity contribution is 4.95. The maximum atomic E-state index is 2.42. The second-order valence-electron chi connectivity index (χ2n) is 5.37. The summed E-state index contributed by atoms with van der Waals surface area (Å²) in [6.45, 7) is 4.77. The van der Waals surface area contributed by atoms with Crippen LogP contribution in [-0.4, -0.2) is 0 Å². The molecule has 2 aliphatic rings. The lowest BCUT2D eigenvalue weighted by molar-refractivity contribution is 0.00118. The minimum Gasteiger partial charge on any atom is -0.0651 e. The summed E-state index contributed by atoms with van der Waals surface area (Å²) in [4.78, 5) is 0. The smallest absolute Gasteiger partial charge is 0.0292 e. The van der Waals surface area contributed by atoms with Crippen molar-refractivity contribution in [3.8, 4) is 0 Å². The van der Waals surface area contributed by atoms with Gasteiger partial charge >= 0.3 is 0 Å². The highest BCUT2D eigenvalue weighted by Gasteiger charge is 2.44. The number of hydrogen-bond acceptors (Lipinski definition) is 0. The Kier molecular flexibility index (Phi) is 2.18. The second kappa shape index (κ2) is 3.05. The molecule has 0 atom stereocenters. The first-order valence-electron chi connectivity index (χ1n) is 5.74. The molecule has 2 rings (SSSR count). The maximum absolute atomic E-state index is 2.42. The van der Waals surface area contributed by atoms with E-state index in [4.69, 9.17) is 0 Å². The molecular weight excluding hydrogens is 144 g/mol. The van der Waals surface area contributed by atoms with Crippen molar-refractivity contribution < 1.29 is 0 Å². The van der Waals surface area contributed by atoms with Crippen LogP contribution < -0.4 is 0 Å². The van der Waals surface area contributed by atoms with Crippen molar-refractivity contribution in [2.24, 2.45) is 17.3 Å². The highest BCUT2D eigenvalue weighted by atomic mass is 14.5. The molecule has 12 heavy (non-hydrogen) atoms. The molecule has 1 spiro atoms. The zero-order valence-electron chi connectivity index (χ0n) is 8.60. The Morgan fingerprint density at radius 3 is 2.25 bits per heavy atom. The maximum Gasteiger partial charge on any atom is -0.0292 e. The number of hydrogen-bond donors (Lipinski definition) is 0. The van der Waals surface area contributed by atoms with Gasteiger partial charge in [-0.25, -0.2) is 0 Å². The van der Waals surface area contributed by atoms with Crippen LogP contribution in [0, 0.1) is 17.3 Å². The monoisotopic (exact) mass is 166 g/mol. The molecule has 2 aliphatic carbocycles. The normalized spacial score (nSPS) is 47.5. The molecule has 0 heteroatoms. The van der Waals surface area contributed by atoms with Crippen molar-refractivity contribution in [1.82, 2.24) is 0 Å². The Bertz CT molecular complexity index is 136. The third-order valence-corrected chi connectivity index (χ3v) is 4.36. The third kappa shape index (κ3) is 1.41. The van der Waals surface area contributed by atoms with Crippen LogP contribution in [0.1, 0.15) is 58.8 Å². The SMILES string of the molecule is CCC1CC2(CCC(C)CC2)C1. The van der Waals surface area contributed by atoms with Crippen LogP contribution in [0.2, 0.25) is 0 Å². The van der Waals surface area contributed by atoms with Crippen LogP contribution >= 0.6 is 0 Å². The Morgan fingerprint density at radius 2 is 1.75 bits per heavy atom. The Hall–Kier alpha value is 0. The Morgan fingerprint density at radius 1 is 1.17 bits per heavy atom. The van der Waals surface area contributed by atoms with E-state index in [-0.39, 0.29) is 0 Å². The Labute approximate surface area is 76.7 Å². The molecule has 2 saturated carbocycles. The summed E-state index contributed by atoms with van der Waals surface area (Å²) >= 11 is 0. The van der Waals surface area contributed by atoms with Crippen LogP contribution in [0.5, 0.6) is 0 Å². The van der Waals surface area contributed by atoms with E-state index >= 15 is 0 Å². The average molecular weight is 166 g/mol. The first-order chi connectivity index (χ1) is 5.74. The van der Waals surface area contributed by atoms with Gasteiger partial charge in [-0.1, -0.05) is 33.1 Å². The first kappa shape index (κ1) is 8.59. The predicted octanol–water partition coefficient (Wildman–Crippen LogP) is 4.00. The fourth-order valence-corrected chi connectivity index (χ4v) is 3.24. The molecule has 70 valence electrons. The van der Waals surface area contributed by atoms with Gasteiger partial charge in [-0.15, -0.1) is 0 Å². The predicted molar refractivity (Wildman–Crippen MR) is 53.1 cm³/mol. The van der Waals surface area contributed by atoms with Crippen LogP contribution in [-0.2, 0) is 0 Å². The molecule has 0 bridgehead atoms. The Balaban J connectivity index is 1.83. The fraction of sp³-hybridized carbons (Fsp3) is 1.00. The van der Waals surface area contributed by atoms with Gasteiger partial charge in [0.05, 0.1) is 0 Å². The minimum atomic E-state index is 0.854. The van der Waals surface area contributed by atoms with E-state index in [0.29, 0.717) is 0 Å². The summed E-state index contributed by atoms with van der Waals surface area (Å²) in [5.74, 6) is 2.12. The molecule has 0 N–H and O–H groups in total. The van der Waals surface area contributed by atoms with Crippen molar-refractivity contribution in [1.29, 1.82) is 0 Å². The van der Waals surface area contributed by atoms with Gasteiger partial charge in [0, 0.05) is 0 Å². The summed E-state index contributed by atoms with van der Waals surface area (Å²) in [5, 5.41) is 0. The largest absolute Gasteiger partial charge is 0.0651 e. The van der Waals surface area contributed by atoms with Gasteiger partial charge in [0.2, 0.25) is 0 Å². The van der Waals surface area contributed by atoms with Crippen molar-refractivity contribution in [2.75, 3.05) is 0 Å². The lowest BCUT2D eigenvalue weighted by Crippen LogP contribution is -2.39. The van der Waals surface area contributed by atoms with Crippen LogP contribution in [0.3, 0.4) is 0 Å². The summed E-state index contributed by atoms with van der Waals surface area (Å²) in [6, 6.07) is 0. The molecule has 0 nitrogen and oxygen atoms in total. The van der Waals surface area contributed by atoms with Gasteiger partial charge < -0.3 is 0 Å². The lowest BCUT2D eigenvalue weighted by Gasteiger charge is -2.51. The highest BCUT2D eigenvalue weighted by Crippen LogP contribution is 2.56. The van der Waals surface area contributed by atoms with Crippen molar-refractivity contribution in [2.45, 2.75) is 58.8 Å². The molecule has 0 radical (unpaired) electrons. The fourth-order valence-electron chi connectivity index (χ4n) is 3.24. The lowest BCUT2D eigenvalue weighted by atomic mass is 9.54. The van der Waals surface area contributed by atoms with Crippen LogP contribution in [0.25, 0.3) is 0 Å². The van der Waals surface area contributed by atoms with E-state index in [1.807, 2.05) is 0 Å². The topological polar surface area (TPSA) is 0 Å². The third-order valence-electron chi connectivity index (χ3n) is 4.36. The molecule has 0 amide bonds. The van der Waals surface area contributed by atoms with Crippen molar-refractivity contribution in [3.63, 3.8) is 0 Å². The van der Waals surface area contributed by atoms with Gasteiger partial charge in [0.1, 0.15) is 0 Å². The van der Waals surface area contributed by atoms with Gasteiger partial charge in [-0.2, -0.15) is 0 Å². The standard InChI is InChI=1S/C12H22/c1-3-11-8-12(9-11)6-4-10(2)5-7-12/h10-11H,3-9H2,1-2H3. The molecule has 0 aliphatic heterocycles. The molecule has 0 unspecified atom stereocenters. The van der Waals surface area contributed by atoms with Crippen LogP contribution in [0.4, 0.5) is 0 Å². The number of rotatable bonds is 1. The van der Waals surface area contributed by atoms with E-state index in [2.05, 4.69) is 13.8 Å². The van der Waals surface area contributed by atoms with Gasteiger partial charge in [0.25, 0.3) is 0 Å². The molecule has 0 heterocycles. The molecule has 2 fully saturated rings. The molecule has 0 saturated heterocycles. The molecular formula is C12H22. The van der Waals surface area contributed by atoms with Gasteiger partial charge in [-0.3, -0.25) is 0 Å². The second-order valence-corrected chi connectivity index (χ2v) is 5.37. The molecule has 0 aromatic rings. The van der Waals surface area contributed by atoms with E-state index < -0.39 is 0 Å². The summed E-state index contributed by atoms with van der Waals surface area (Å²) in [5.41, 5.74) is 0.854. The quantitative estimate of drug-likeness (QED) is 0.552. The summed E-state index contributed by atoms with van der Waals surface area (Å²) in [7, 11) is 0. The van der Waals surface area contributed by atoms with E-state index in [1.165, 1.54) is 19.3 Å². The molecule has 0 aromatic carbocycles. The first-order valence-corrected chi connectivity index (χ1v) is 5.74. The molecule has 0 aromatic heterocycles. The van der Waals surface area contributed by atoms with E-state index in [1.54, 1.807) is 25.7 Å². The zero-order valence-corrected chi connectivity index (χ0v) is 8.60. The van der Waals surface area contributed by atoms with E-state index in [9.17, 15) is 0 Å². The minimum absolute atomic E-state index is 0.854. The van der Waals surface area contributed by atoms with Gasteiger partial charge in [0.15, 0.2) is 0 Å². The zero-order chi connectivity index (χ0) is 8.60. The van der Waals surface area contributed by atoms with Crippen molar-refractivity contribution >= 4 is 0 Å². The van der Waals surface area contributed by atoms with E-state index in [0.717, 1.165) is 17.3 Å².